The van der Waals surface area contributed by atoms with E-state index in [1.54, 1.807) is 0 Å². The number of allylic oxidation sites excluding steroid dienone is 1. The highest BCUT2D eigenvalue weighted by molar-refractivity contribution is 4.84. The van der Waals surface area contributed by atoms with Crippen molar-refractivity contribution < 1.29 is 0 Å². The van der Waals surface area contributed by atoms with E-state index in [4.69, 9.17) is 0 Å². The van der Waals surface area contributed by atoms with Gasteiger partial charge in [-0.25, -0.2) is 0 Å². The lowest BCUT2D eigenvalue weighted by atomic mass is 10.2. The molecular formula is C10H21N. The van der Waals surface area contributed by atoms with E-state index in [-0.39, 0.29) is 0 Å². The number of hydrogen-bond donors (Lipinski definition) is 0. The highest BCUT2D eigenvalue weighted by atomic mass is 15.1. The molecule has 0 unspecified atom stereocenters. The predicted molar refractivity (Wildman–Crippen MR) is 51.8 cm³/mol. The molecule has 0 heterocycles. The van der Waals surface area contributed by atoms with E-state index >= 15 is 0 Å². The summed E-state index contributed by atoms with van der Waals surface area (Å²) in [6.07, 6.45) is 5.73. The van der Waals surface area contributed by atoms with Gasteiger partial charge in [0, 0.05) is 6.54 Å². The van der Waals surface area contributed by atoms with Crippen molar-refractivity contribution in [2.24, 2.45) is 5.92 Å². The Hall–Kier alpha value is -0.300. The molecule has 0 saturated heterocycles. The summed E-state index contributed by atoms with van der Waals surface area (Å²) >= 11 is 0. The summed E-state index contributed by atoms with van der Waals surface area (Å²) in [7, 11) is 2.16. The van der Waals surface area contributed by atoms with Crippen molar-refractivity contribution >= 4 is 0 Å². The molecule has 0 aromatic carbocycles. The van der Waals surface area contributed by atoms with Crippen molar-refractivity contribution in [2.45, 2.75) is 27.2 Å². The third-order valence-electron chi connectivity index (χ3n) is 1.74. The van der Waals surface area contributed by atoms with Gasteiger partial charge in [0.15, 0.2) is 0 Å². The third kappa shape index (κ3) is 7.60. The molecule has 0 fully saturated rings. The smallest absolute Gasteiger partial charge is 0.00127 e. The van der Waals surface area contributed by atoms with Crippen LogP contribution in [0.25, 0.3) is 0 Å². The largest absolute Gasteiger partial charge is 0.306 e. The maximum atomic E-state index is 2.32. The van der Waals surface area contributed by atoms with E-state index in [2.05, 4.69) is 44.9 Å². The van der Waals surface area contributed by atoms with Crippen LogP contribution >= 0.6 is 0 Å². The van der Waals surface area contributed by atoms with E-state index in [9.17, 15) is 0 Å². The Labute approximate surface area is 71.1 Å². The Bertz CT molecular complexity index is 105. The molecule has 0 aliphatic carbocycles. The third-order valence-corrected chi connectivity index (χ3v) is 1.74. The van der Waals surface area contributed by atoms with Gasteiger partial charge in [0.05, 0.1) is 0 Å². The first kappa shape index (κ1) is 10.7. The van der Waals surface area contributed by atoms with E-state index in [0.29, 0.717) is 5.92 Å². The molecule has 0 N–H and O–H groups in total. The predicted octanol–water partition coefficient (Wildman–Crippen LogP) is 2.54. The summed E-state index contributed by atoms with van der Waals surface area (Å²) in [5.74, 6) is 0.696. The molecule has 0 aliphatic heterocycles. The lowest BCUT2D eigenvalue weighted by Crippen LogP contribution is -2.18. The van der Waals surface area contributed by atoms with Gasteiger partial charge in [-0.05, 0) is 25.9 Å². The normalized spacial score (nSPS) is 12.2. The van der Waals surface area contributed by atoms with E-state index in [0.717, 1.165) is 6.54 Å². The first-order chi connectivity index (χ1) is 5.16. The zero-order valence-electron chi connectivity index (χ0n) is 8.30. The molecule has 0 rings (SSSR count). The minimum atomic E-state index is 0.696. The van der Waals surface area contributed by atoms with Gasteiger partial charge in [0.2, 0.25) is 0 Å². The molecule has 0 atom stereocenters. The number of hydrogen-bond acceptors (Lipinski definition) is 1. The number of rotatable bonds is 5. The van der Waals surface area contributed by atoms with Crippen molar-refractivity contribution in [3.8, 4) is 0 Å². The molecule has 0 amide bonds. The molecule has 0 spiro atoms. The Morgan fingerprint density at radius 1 is 1.36 bits per heavy atom. The van der Waals surface area contributed by atoms with Crippen LogP contribution < -0.4 is 0 Å². The summed E-state index contributed by atoms with van der Waals surface area (Å²) in [5, 5.41) is 0. The standard InChI is InChI=1S/C10H21N/c1-5-11(4)9-7-6-8-10(2)3/h6,8,10H,5,7,9H2,1-4H3. The van der Waals surface area contributed by atoms with Crippen LogP contribution in [0.3, 0.4) is 0 Å². The molecule has 0 saturated carbocycles. The van der Waals surface area contributed by atoms with Gasteiger partial charge in [-0.1, -0.05) is 32.9 Å². The number of nitrogens with zero attached hydrogens (tertiary/aromatic N) is 1. The van der Waals surface area contributed by atoms with Gasteiger partial charge in [-0.15, -0.1) is 0 Å². The highest BCUT2D eigenvalue weighted by Gasteiger charge is 1.90. The van der Waals surface area contributed by atoms with Crippen molar-refractivity contribution in [1.82, 2.24) is 4.90 Å². The van der Waals surface area contributed by atoms with Crippen molar-refractivity contribution in [1.29, 1.82) is 0 Å². The SMILES string of the molecule is CCN(C)CCC=CC(C)C. The van der Waals surface area contributed by atoms with Crippen LogP contribution in [-0.2, 0) is 0 Å². The van der Waals surface area contributed by atoms with Crippen molar-refractivity contribution in [2.75, 3.05) is 20.1 Å². The van der Waals surface area contributed by atoms with Crippen LogP contribution in [0.4, 0.5) is 0 Å². The summed E-state index contributed by atoms with van der Waals surface area (Å²) < 4.78 is 0. The first-order valence-electron chi connectivity index (χ1n) is 4.52. The second kappa shape index (κ2) is 6.41. The van der Waals surface area contributed by atoms with Crippen LogP contribution in [-0.4, -0.2) is 25.0 Å². The Morgan fingerprint density at radius 3 is 2.45 bits per heavy atom. The fraction of sp³-hybridized carbons (Fsp3) is 0.800. The Kier molecular flexibility index (Phi) is 6.24. The summed E-state index contributed by atoms with van der Waals surface area (Å²) in [5.41, 5.74) is 0. The topological polar surface area (TPSA) is 3.24 Å². The lowest BCUT2D eigenvalue weighted by molar-refractivity contribution is 0.360. The average Bonchev–Trinajstić information content (AvgIpc) is 1.97. The molecule has 0 aliphatic rings. The van der Waals surface area contributed by atoms with Gasteiger partial charge in [-0.2, -0.15) is 0 Å². The first-order valence-corrected chi connectivity index (χ1v) is 4.52. The van der Waals surface area contributed by atoms with Crippen LogP contribution in [0.2, 0.25) is 0 Å². The molecule has 1 nitrogen and oxygen atoms in total. The molecule has 0 aromatic rings. The molecule has 1 heteroatoms. The van der Waals surface area contributed by atoms with E-state index in [1.807, 2.05) is 0 Å². The second-order valence-corrected chi connectivity index (χ2v) is 3.36. The van der Waals surface area contributed by atoms with Crippen LogP contribution in [0.5, 0.6) is 0 Å². The van der Waals surface area contributed by atoms with Gasteiger partial charge in [0.1, 0.15) is 0 Å². The minimum absolute atomic E-state index is 0.696. The Balaban J connectivity index is 3.26. The van der Waals surface area contributed by atoms with Crippen molar-refractivity contribution in [3.05, 3.63) is 12.2 Å². The molecule has 0 bridgehead atoms. The van der Waals surface area contributed by atoms with E-state index in [1.165, 1.54) is 13.0 Å². The van der Waals surface area contributed by atoms with Crippen LogP contribution in [0.15, 0.2) is 12.2 Å². The van der Waals surface area contributed by atoms with Crippen LogP contribution in [0, 0.1) is 5.92 Å². The molecule has 0 aromatic heterocycles. The monoisotopic (exact) mass is 155 g/mol. The highest BCUT2D eigenvalue weighted by Crippen LogP contribution is 1.95. The maximum Gasteiger partial charge on any atom is 0.00127 e. The second-order valence-electron chi connectivity index (χ2n) is 3.36. The molecule has 66 valence electrons. The average molecular weight is 155 g/mol. The fourth-order valence-corrected chi connectivity index (χ4v) is 0.821. The van der Waals surface area contributed by atoms with Gasteiger partial charge in [-0.3, -0.25) is 0 Å². The fourth-order valence-electron chi connectivity index (χ4n) is 0.821. The van der Waals surface area contributed by atoms with Gasteiger partial charge < -0.3 is 4.90 Å². The zero-order valence-corrected chi connectivity index (χ0v) is 8.30. The van der Waals surface area contributed by atoms with E-state index < -0.39 is 0 Å². The molecule has 0 radical (unpaired) electrons. The van der Waals surface area contributed by atoms with Gasteiger partial charge in [0.25, 0.3) is 0 Å². The molecule has 11 heavy (non-hydrogen) atoms. The van der Waals surface area contributed by atoms with Crippen LogP contribution in [0.1, 0.15) is 27.2 Å². The summed E-state index contributed by atoms with van der Waals surface area (Å²) in [4.78, 5) is 2.32. The quantitative estimate of drug-likeness (QED) is 0.551. The summed E-state index contributed by atoms with van der Waals surface area (Å²) in [6, 6.07) is 0. The Morgan fingerprint density at radius 2 is 2.00 bits per heavy atom. The van der Waals surface area contributed by atoms with Gasteiger partial charge >= 0.3 is 0 Å². The van der Waals surface area contributed by atoms with Crippen molar-refractivity contribution in [3.63, 3.8) is 0 Å². The maximum absolute atomic E-state index is 2.32. The molecular weight excluding hydrogens is 134 g/mol. The zero-order chi connectivity index (χ0) is 8.69. The minimum Gasteiger partial charge on any atom is -0.306 e. The lowest BCUT2D eigenvalue weighted by Gasteiger charge is -2.11. The summed E-state index contributed by atoms with van der Waals surface area (Å²) in [6.45, 7) is 8.93.